The topological polar surface area (TPSA) is 78.9 Å². The summed E-state index contributed by atoms with van der Waals surface area (Å²) in [7, 11) is 0. The number of aromatic nitrogens is 4. The van der Waals surface area contributed by atoms with Gasteiger partial charge in [0.2, 0.25) is 5.88 Å². The summed E-state index contributed by atoms with van der Waals surface area (Å²) in [5, 5.41) is 15.3. The molecule has 0 saturated heterocycles. The highest BCUT2D eigenvalue weighted by Gasteiger charge is 2.13. The smallest absolute Gasteiger partial charge is 0.272 e. The highest BCUT2D eigenvalue weighted by molar-refractivity contribution is 6.42. The number of aliphatic imine (C=N–C) groups is 1. The standard InChI is InChI=1S/C16H16Cl2N6O/c1-3-23(4-2)9-19-15-21-16-20-14(25)11(8-24(16)22-15)10-5-6-12(17)13(18)7-10/h5-9H,3-4H2,1-2H3,(H,20,21,22,25)/b19-9+. The van der Waals surface area contributed by atoms with E-state index in [2.05, 4.69) is 20.1 Å². The Morgan fingerprint density at radius 2 is 1.96 bits per heavy atom. The number of hydrogen-bond acceptors (Lipinski definition) is 5. The Labute approximate surface area is 154 Å². The lowest BCUT2D eigenvalue weighted by Gasteiger charge is -2.12. The second-order valence-corrected chi connectivity index (χ2v) is 6.04. The van der Waals surface area contributed by atoms with Gasteiger partial charge >= 0.3 is 0 Å². The van der Waals surface area contributed by atoms with E-state index in [4.69, 9.17) is 23.2 Å². The molecule has 25 heavy (non-hydrogen) atoms. The molecule has 1 N–H and O–H groups in total. The van der Waals surface area contributed by atoms with Crippen LogP contribution in [0.1, 0.15) is 13.8 Å². The monoisotopic (exact) mass is 378 g/mol. The minimum Gasteiger partial charge on any atom is -0.493 e. The van der Waals surface area contributed by atoms with Gasteiger partial charge in [0, 0.05) is 19.3 Å². The van der Waals surface area contributed by atoms with Gasteiger partial charge in [-0.1, -0.05) is 29.3 Å². The molecule has 0 saturated carbocycles. The molecule has 9 heteroatoms. The van der Waals surface area contributed by atoms with Crippen molar-refractivity contribution in [2.24, 2.45) is 4.99 Å². The summed E-state index contributed by atoms with van der Waals surface area (Å²) in [5.74, 6) is 0.357. The van der Waals surface area contributed by atoms with Gasteiger partial charge in [-0.2, -0.15) is 9.97 Å². The van der Waals surface area contributed by atoms with E-state index in [1.807, 2.05) is 18.7 Å². The molecule has 0 aliphatic heterocycles. The Balaban J connectivity index is 2.00. The van der Waals surface area contributed by atoms with Crippen LogP contribution in [0.25, 0.3) is 16.9 Å². The van der Waals surface area contributed by atoms with Crippen LogP contribution >= 0.6 is 23.2 Å². The van der Waals surface area contributed by atoms with Gasteiger partial charge in [0.05, 0.1) is 21.9 Å². The van der Waals surface area contributed by atoms with Crippen molar-refractivity contribution in [2.45, 2.75) is 13.8 Å². The van der Waals surface area contributed by atoms with Gasteiger partial charge in [-0.05, 0) is 31.5 Å². The molecule has 0 unspecified atom stereocenters. The van der Waals surface area contributed by atoms with E-state index in [9.17, 15) is 5.11 Å². The van der Waals surface area contributed by atoms with Crippen molar-refractivity contribution in [1.82, 2.24) is 24.5 Å². The molecule has 0 bridgehead atoms. The minimum atomic E-state index is -0.169. The van der Waals surface area contributed by atoms with Crippen molar-refractivity contribution in [3.63, 3.8) is 0 Å². The zero-order valence-electron chi connectivity index (χ0n) is 13.7. The molecular formula is C16H16Cl2N6O. The molecule has 0 fully saturated rings. The van der Waals surface area contributed by atoms with Crippen molar-refractivity contribution in [1.29, 1.82) is 0 Å². The summed E-state index contributed by atoms with van der Waals surface area (Å²) in [6.07, 6.45) is 3.31. The van der Waals surface area contributed by atoms with E-state index in [0.29, 0.717) is 21.2 Å². The molecule has 2 heterocycles. The lowest BCUT2D eigenvalue weighted by Crippen LogP contribution is -2.20. The molecule has 3 aromatic rings. The van der Waals surface area contributed by atoms with Crippen LogP contribution in [0.2, 0.25) is 10.0 Å². The Bertz CT molecular complexity index is 936. The average molecular weight is 379 g/mol. The minimum absolute atomic E-state index is 0.169. The summed E-state index contributed by atoms with van der Waals surface area (Å²) in [6, 6.07) is 5.06. The average Bonchev–Trinajstić information content (AvgIpc) is 2.99. The predicted molar refractivity (Wildman–Crippen MR) is 99.0 cm³/mol. The maximum atomic E-state index is 10.2. The fraction of sp³-hybridized carbons (Fsp3) is 0.250. The fourth-order valence-corrected chi connectivity index (χ4v) is 2.54. The quantitative estimate of drug-likeness (QED) is 0.539. The zero-order chi connectivity index (χ0) is 18.0. The van der Waals surface area contributed by atoms with E-state index in [1.165, 1.54) is 4.52 Å². The van der Waals surface area contributed by atoms with Crippen molar-refractivity contribution in [2.75, 3.05) is 13.1 Å². The van der Waals surface area contributed by atoms with Crippen LogP contribution in [-0.2, 0) is 0 Å². The molecule has 0 amide bonds. The largest absolute Gasteiger partial charge is 0.493 e. The number of hydrogen-bond donors (Lipinski definition) is 1. The summed E-state index contributed by atoms with van der Waals surface area (Å²) >= 11 is 12.0. The molecule has 3 rings (SSSR count). The van der Waals surface area contributed by atoms with E-state index < -0.39 is 0 Å². The van der Waals surface area contributed by atoms with Crippen molar-refractivity contribution < 1.29 is 5.11 Å². The van der Waals surface area contributed by atoms with Gasteiger partial charge in [0.25, 0.3) is 11.7 Å². The van der Waals surface area contributed by atoms with E-state index >= 15 is 0 Å². The first-order valence-electron chi connectivity index (χ1n) is 7.71. The van der Waals surface area contributed by atoms with E-state index in [1.54, 1.807) is 30.7 Å². The number of nitrogens with zero attached hydrogens (tertiary/aromatic N) is 6. The first-order chi connectivity index (χ1) is 12.0. The number of benzene rings is 1. The van der Waals surface area contributed by atoms with Gasteiger partial charge in [-0.15, -0.1) is 5.10 Å². The van der Waals surface area contributed by atoms with Crippen LogP contribution in [0.5, 0.6) is 5.88 Å². The van der Waals surface area contributed by atoms with Crippen LogP contribution in [0.15, 0.2) is 29.4 Å². The molecule has 0 radical (unpaired) electrons. The lowest BCUT2D eigenvalue weighted by atomic mass is 10.1. The summed E-state index contributed by atoms with van der Waals surface area (Å²) in [6.45, 7) is 5.76. The van der Waals surface area contributed by atoms with E-state index in [0.717, 1.165) is 13.1 Å². The predicted octanol–water partition coefficient (Wildman–Crippen LogP) is 3.81. The van der Waals surface area contributed by atoms with Crippen LogP contribution in [-0.4, -0.2) is 49.0 Å². The van der Waals surface area contributed by atoms with Crippen LogP contribution < -0.4 is 0 Å². The number of aromatic hydroxyl groups is 1. The van der Waals surface area contributed by atoms with Gasteiger partial charge in [-0.3, -0.25) is 0 Å². The number of halogens is 2. The Morgan fingerprint density at radius 1 is 1.20 bits per heavy atom. The summed E-state index contributed by atoms with van der Waals surface area (Å²) < 4.78 is 1.46. The molecule has 1 aromatic carbocycles. The highest BCUT2D eigenvalue weighted by Crippen LogP contribution is 2.32. The summed E-state index contributed by atoms with van der Waals surface area (Å²) in [4.78, 5) is 14.5. The SMILES string of the molecule is CCN(/C=N/c1nc2nc(O)c(-c3ccc(Cl)c(Cl)c3)cn2n1)CC. The first-order valence-corrected chi connectivity index (χ1v) is 8.47. The molecule has 7 nitrogen and oxygen atoms in total. The maximum Gasteiger partial charge on any atom is 0.272 e. The molecular weight excluding hydrogens is 363 g/mol. The van der Waals surface area contributed by atoms with Crippen molar-refractivity contribution in [3.8, 4) is 17.0 Å². The lowest BCUT2D eigenvalue weighted by molar-refractivity contribution is 0.455. The zero-order valence-corrected chi connectivity index (χ0v) is 15.2. The van der Waals surface area contributed by atoms with E-state index in [-0.39, 0.29) is 17.6 Å². The van der Waals surface area contributed by atoms with Gasteiger partial charge in [0.1, 0.15) is 0 Å². The van der Waals surface area contributed by atoms with Crippen LogP contribution in [0.4, 0.5) is 5.95 Å². The second kappa shape index (κ2) is 7.25. The van der Waals surface area contributed by atoms with Gasteiger partial charge < -0.3 is 10.0 Å². The van der Waals surface area contributed by atoms with Crippen molar-refractivity contribution >= 4 is 41.3 Å². The molecule has 0 atom stereocenters. The maximum absolute atomic E-state index is 10.2. The molecule has 0 aliphatic carbocycles. The second-order valence-electron chi connectivity index (χ2n) is 5.23. The highest BCUT2D eigenvalue weighted by atomic mass is 35.5. The van der Waals surface area contributed by atoms with Gasteiger partial charge in [0.15, 0.2) is 0 Å². The summed E-state index contributed by atoms with van der Waals surface area (Å²) in [5.41, 5.74) is 1.14. The number of rotatable bonds is 5. The molecule has 130 valence electrons. The Morgan fingerprint density at radius 3 is 2.64 bits per heavy atom. The Kier molecular flexibility index (Phi) is 5.06. The number of fused-ring (bicyclic) bond motifs is 1. The molecule has 0 aliphatic rings. The van der Waals surface area contributed by atoms with Gasteiger partial charge in [-0.25, -0.2) is 9.51 Å². The third-order valence-electron chi connectivity index (χ3n) is 3.68. The van der Waals surface area contributed by atoms with Crippen molar-refractivity contribution in [3.05, 3.63) is 34.4 Å². The first kappa shape index (κ1) is 17.4. The third-order valence-corrected chi connectivity index (χ3v) is 4.42. The third kappa shape index (κ3) is 3.67. The van der Waals surface area contributed by atoms with Crippen LogP contribution in [0.3, 0.4) is 0 Å². The Hall–Kier alpha value is -2.38. The normalized spacial score (nSPS) is 11.5. The fourth-order valence-electron chi connectivity index (χ4n) is 2.24. The molecule has 0 spiro atoms. The van der Waals surface area contributed by atoms with Crippen LogP contribution in [0, 0.1) is 0 Å². The molecule has 2 aromatic heterocycles.